The number of anilines is 1. The predicted molar refractivity (Wildman–Crippen MR) is 111 cm³/mol. The van der Waals surface area contributed by atoms with Crippen LogP contribution in [0.15, 0.2) is 36.5 Å². The second kappa shape index (κ2) is 7.77. The lowest BCUT2D eigenvalue weighted by Crippen LogP contribution is -2.18. The highest BCUT2D eigenvalue weighted by atomic mass is 35.5. The summed E-state index contributed by atoms with van der Waals surface area (Å²) in [6.07, 6.45) is 6.69. The molecule has 0 saturated heterocycles. The molecular formula is C20H19ClN4O2S. The van der Waals surface area contributed by atoms with Crippen LogP contribution in [0.5, 0.6) is 0 Å². The van der Waals surface area contributed by atoms with E-state index in [9.17, 15) is 9.59 Å². The number of benzene rings is 1. The summed E-state index contributed by atoms with van der Waals surface area (Å²) in [6, 6.07) is 8.82. The lowest BCUT2D eigenvalue weighted by molar-refractivity contribution is 0.100. The number of amides is 2. The van der Waals surface area contributed by atoms with E-state index in [1.165, 1.54) is 11.3 Å². The average Bonchev–Trinajstić information content (AvgIpc) is 3.21. The number of hydrogen-bond acceptors (Lipinski definition) is 4. The molecule has 1 aliphatic rings. The normalized spacial score (nSPS) is 13.6. The van der Waals surface area contributed by atoms with E-state index in [-0.39, 0.29) is 11.6 Å². The van der Waals surface area contributed by atoms with Gasteiger partial charge in [0.1, 0.15) is 5.00 Å². The van der Waals surface area contributed by atoms with Gasteiger partial charge in [0.05, 0.1) is 11.3 Å². The Kier molecular flexibility index (Phi) is 5.19. The number of aryl methyl sites for hydroxylation is 1. The van der Waals surface area contributed by atoms with E-state index in [0.717, 1.165) is 48.2 Å². The van der Waals surface area contributed by atoms with Gasteiger partial charge in [-0.05, 0) is 55.5 Å². The zero-order valence-electron chi connectivity index (χ0n) is 15.1. The van der Waals surface area contributed by atoms with E-state index in [4.69, 9.17) is 17.3 Å². The maximum atomic E-state index is 12.7. The molecule has 6 nitrogen and oxygen atoms in total. The highest BCUT2D eigenvalue weighted by Crippen LogP contribution is 2.37. The first-order chi connectivity index (χ1) is 13.5. The Morgan fingerprint density at radius 3 is 2.79 bits per heavy atom. The van der Waals surface area contributed by atoms with E-state index >= 15 is 0 Å². The highest BCUT2D eigenvalue weighted by molar-refractivity contribution is 7.17. The molecule has 0 unspecified atom stereocenters. The largest absolute Gasteiger partial charge is 0.365 e. The van der Waals surface area contributed by atoms with Crippen molar-refractivity contribution in [3.05, 3.63) is 63.2 Å². The van der Waals surface area contributed by atoms with Gasteiger partial charge in [0.25, 0.3) is 11.8 Å². The fourth-order valence-electron chi connectivity index (χ4n) is 3.47. The smallest absolute Gasteiger partial charge is 0.276 e. The number of nitrogens with zero attached hydrogens (tertiary/aromatic N) is 2. The summed E-state index contributed by atoms with van der Waals surface area (Å²) in [5, 5.41) is 8.27. The van der Waals surface area contributed by atoms with E-state index < -0.39 is 5.91 Å². The van der Waals surface area contributed by atoms with Crippen LogP contribution in [-0.4, -0.2) is 21.6 Å². The van der Waals surface area contributed by atoms with Crippen molar-refractivity contribution in [2.45, 2.75) is 32.1 Å². The van der Waals surface area contributed by atoms with Crippen molar-refractivity contribution in [1.82, 2.24) is 9.78 Å². The number of primary amides is 1. The Labute approximate surface area is 171 Å². The van der Waals surface area contributed by atoms with Crippen LogP contribution in [0, 0.1) is 0 Å². The molecule has 0 aliphatic heterocycles. The van der Waals surface area contributed by atoms with Gasteiger partial charge in [-0.25, -0.2) is 4.68 Å². The van der Waals surface area contributed by atoms with Crippen LogP contribution < -0.4 is 11.1 Å². The molecule has 0 atom stereocenters. The first kappa shape index (κ1) is 18.7. The van der Waals surface area contributed by atoms with E-state index in [1.54, 1.807) is 29.1 Å². The van der Waals surface area contributed by atoms with Crippen molar-refractivity contribution >= 4 is 39.8 Å². The minimum atomic E-state index is -0.501. The molecule has 3 aromatic rings. The monoisotopic (exact) mass is 414 g/mol. The fourth-order valence-corrected chi connectivity index (χ4v) is 4.94. The van der Waals surface area contributed by atoms with Gasteiger partial charge in [-0.3, -0.25) is 9.59 Å². The Hall–Kier alpha value is -2.64. The number of halogens is 1. The molecule has 28 heavy (non-hydrogen) atoms. The van der Waals surface area contributed by atoms with Gasteiger partial charge < -0.3 is 11.1 Å². The number of carbonyl (C=O) groups is 2. The summed E-state index contributed by atoms with van der Waals surface area (Å²) in [5.74, 6) is -0.876. The molecule has 144 valence electrons. The minimum absolute atomic E-state index is 0.249. The van der Waals surface area contributed by atoms with Gasteiger partial charge in [0.15, 0.2) is 5.69 Å². The molecule has 3 N–H and O–H groups in total. The highest BCUT2D eigenvalue weighted by Gasteiger charge is 2.25. The average molecular weight is 415 g/mol. The molecule has 2 amide bonds. The van der Waals surface area contributed by atoms with Crippen LogP contribution in [0.25, 0.3) is 5.69 Å². The van der Waals surface area contributed by atoms with Crippen molar-refractivity contribution in [2.24, 2.45) is 5.73 Å². The third-order valence-corrected chi connectivity index (χ3v) is 6.23. The third kappa shape index (κ3) is 3.68. The van der Waals surface area contributed by atoms with Gasteiger partial charge in [-0.1, -0.05) is 24.1 Å². The summed E-state index contributed by atoms with van der Waals surface area (Å²) >= 11 is 7.46. The van der Waals surface area contributed by atoms with Crippen LogP contribution in [0.3, 0.4) is 0 Å². The summed E-state index contributed by atoms with van der Waals surface area (Å²) in [7, 11) is 0. The zero-order valence-corrected chi connectivity index (χ0v) is 16.6. The van der Waals surface area contributed by atoms with Crippen molar-refractivity contribution in [3.8, 4) is 5.69 Å². The van der Waals surface area contributed by atoms with Crippen LogP contribution in [0.1, 0.15) is 50.5 Å². The molecule has 0 saturated carbocycles. The minimum Gasteiger partial charge on any atom is -0.365 e. The zero-order chi connectivity index (χ0) is 19.7. The second-order valence-corrected chi connectivity index (χ2v) is 8.25. The molecule has 4 rings (SSSR count). The maximum absolute atomic E-state index is 12.7. The lowest BCUT2D eigenvalue weighted by Gasteiger charge is -2.05. The van der Waals surface area contributed by atoms with Gasteiger partial charge in [0, 0.05) is 16.1 Å². The molecule has 2 aromatic heterocycles. The van der Waals surface area contributed by atoms with Crippen LogP contribution in [0.4, 0.5) is 5.00 Å². The summed E-state index contributed by atoms with van der Waals surface area (Å²) in [4.78, 5) is 25.9. The fraction of sp³-hybridized carbons (Fsp3) is 0.250. The summed E-state index contributed by atoms with van der Waals surface area (Å²) in [6.45, 7) is 0. The maximum Gasteiger partial charge on any atom is 0.276 e. The van der Waals surface area contributed by atoms with Gasteiger partial charge in [-0.15, -0.1) is 11.3 Å². The summed E-state index contributed by atoms with van der Waals surface area (Å²) < 4.78 is 1.58. The molecular weight excluding hydrogens is 396 g/mol. The summed E-state index contributed by atoms with van der Waals surface area (Å²) in [5.41, 5.74) is 8.08. The van der Waals surface area contributed by atoms with Gasteiger partial charge >= 0.3 is 0 Å². The van der Waals surface area contributed by atoms with Crippen LogP contribution in [-0.2, 0) is 12.8 Å². The SMILES string of the molecule is NC(=O)c1c(NC(=O)c2ccn(-c3cccc(Cl)c3)n2)sc2c1CCCCC2. The van der Waals surface area contributed by atoms with Crippen molar-refractivity contribution in [1.29, 1.82) is 0 Å². The van der Waals surface area contributed by atoms with E-state index in [2.05, 4.69) is 10.4 Å². The number of aromatic nitrogens is 2. The van der Waals surface area contributed by atoms with Crippen molar-refractivity contribution in [3.63, 3.8) is 0 Å². The quantitative estimate of drug-likeness (QED) is 0.626. The third-order valence-electron chi connectivity index (χ3n) is 4.79. The van der Waals surface area contributed by atoms with Crippen molar-refractivity contribution < 1.29 is 9.59 Å². The first-order valence-corrected chi connectivity index (χ1v) is 10.3. The molecule has 2 heterocycles. The molecule has 8 heteroatoms. The molecule has 0 radical (unpaired) electrons. The van der Waals surface area contributed by atoms with E-state index in [0.29, 0.717) is 15.6 Å². The number of rotatable bonds is 4. The number of fused-ring (bicyclic) bond motifs is 1. The standard InChI is InChI=1S/C20H19ClN4O2S/c21-12-5-4-6-13(11-12)25-10-9-15(24-25)19(27)23-20-17(18(22)26)14-7-2-1-3-8-16(14)28-20/h4-6,9-11H,1-3,7-8H2,(H2,22,26)(H,23,27). The van der Waals surface area contributed by atoms with Crippen LogP contribution in [0.2, 0.25) is 5.02 Å². The Bertz CT molecular complexity index is 1060. The Balaban J connectivity index is 1.60. The lowest BCUT2D eigenvalue weighted by atomic mass is 10.1. The number of nitrogens with one attached hydrogen (secondary N) is 1. The molecule has 1 aliphatic carbocycles. The Morgan fingerprint density at radius 1 is 1.18 bits per heavy atom. The number of carbonyl (C=O) groups excluding carboxylic acids is 2. The van der Waals surface area contributed by atoms with Gasteiger partial charge in [-0.2, -0.15) is 5.10 Å². The molecule has 0 spiro atoms. The number of thiophene rings is 1. The number of nitrogens with two attached hydrogens (primary N) is 1. The van der Waals surface area contributed by atoms with Crippen molar-refractivity contribution in [2.75, 3.05) is 5.32 Å². The second-order valence-electron chi connectivity index (χ2n) is 6.71. The number of hydrogen-bond donors (Lipinski definition) is 2. The predicted octanol–water partition coefficient (Wildman–Crippen LogP) is 4.21. The van der Waals surface area contributed by atoms with E-state index in [1.807, 2.05) is 12.1 Å². The molecule has 0 bridgehead atoms. The topological polar surface area (TPSA) is 90.0 Å². The van der Waals surface area contributed by atoms with Gasteiger partial charge in [0.2, 0.25) is 0 Å². The molecule has 1 aromatic carbocycles. The van der Waals surface area contributed by atoms with Crippen LogP contribution >= 0.6 is 22.9 Å². The first-order valence-electron chi connectivity index (χ1n) is 9.10. The Morgan fingerprint density at radius 2 is 2.00 bits per heavy atom. The molecule has 0 fully saturated rings.